The second-order valence-corrected chi connectivity index (χ2v) is 7.56. The zero-order chi connectivity index (χ0) is 19.4. The van der Waals surface area contributed by atoms with Crippen LogP contribution in [0.3, 0.4) is 0 Å². The molecule has 7 heteroatoms. The summed E-state index contributed by atoms with van der Waals surface area (Å²) in [4.78, 5) is 31.3. The molecule has 1 atom stereocenters. The molecule has 0 bridgehead atoms. The maximum atomic E-state index is 13.3. The van der Waals surface area contributed by atoms with Crippen LogP contribution in [0, 0.1) is 11.7 Å². The average molecular weight is 377 g/mol. The lowest BCUT2D eigenvalue weighted by atomic mass is 10.0. The molecule has 148 valence electrons. The van der Waals surface area contributed by atoms with Crippen LogP contribution >= 0.6 is 0 Å². The van der Waals surface area contributed by atoms with Crippen molar-refractivity contribution in [2.45, 2.75) is 25.3 Å². The van der Waals surface area contributed by atoms with Gasteiger partial charge in [0.1, 0.15) is 5.82 Å². The minimum atomic E-state index is -0.354. The maximum Gasteiger partial charge on any atom is 0.228 e. The molecule has 27 heavy (non-hydrogen) atoms. The van der Waals surface area contributed by atoms with Crippen LogP contribution in [0.4, 0.5) is 10.1 Å². The molecule has 0 spiro atoms. The van der Waals surface area contributed by atoms with E-state index in [9.17, 15) is 14.0 Å². The van der Waals surface area contributed by atoms with E-state index in [1.807, 2.05) is 19.0 Å². The van der Waals surface area contributed by atoms with Crippen molar-refractivity contribution in [3.63, 3.8) is 0 Å². The highest BCUT2D eigenvalue weighted by molar-refractivity contribution is 6.00. The van der Waals surface area contributed by atoms with Gasteiger partial charge in [-0.25, -0.2) is 4.39 Å². The van der Waals surface area contributed by atoms with E-state index in [-0.39, 0.29) is 36.0 Å². The quantitative estimate of drug-likeness (QED) is 0.758. The maximum absolute atomic E-state index is 13.3. The Morgan fingerprint density at radius 2 is 1.85 bits per heavy atom. The number of rotatable bonds is 6. The van der Waals surface area contributed by atoms with Gasteiger partial charge in [-0.05, 0) is 51.2 Å². The zero-order valence-electron chi connectivity index (χ0n) is 16.1. The summed E-state index contributed by atoms with van der Waals surface area (Å²) >= 11 is 0. The molecule has 2 aliphatic rings. The summed E-state index contributed by atoms with van der Waals surface area (Å²) in [7, 11) is 3.98. The first-order valence-electron chi connectivity index (χ1n) is 9.54. The lowest BCUT2D eigenvalue weighted by Crippen LogP contribution is -2.49. The van der Waals surface area contributed by atoms with Crippen LogP contribution in [0.25, 0.3) is 0 Å². The molecular formula is C20H28FN3O3. The van der Waals surface area contributed by atoms with Crippen LogP contribution in [0.1, 0.15) is 19.3 Å². The van der Waals surface area contributed by atoms with Gasteiger partial charge in [0.05, 0.1) is 5.92 Å². The molecule has 1 aromatic carbocycles. The molecule has 3 rings (SSSR count). The summed E-state index contributed by atoms with van der Waals surface area (Å²) in [6, 6.07) is 6.01. The Labute approximate surface area is 159 Å². The molecule has 0 aliphatic carbocycles. The van der Waals surface area contributed by atoms with Gasteiger partial charge in [-0.15, -0.1) is 0 Å². The summed E-state index contributed by atoms with van der Waals surface area (Å²) in [5.41, 5.74) is 0.641. The van der Waals surface area contributed by atoms with Gasteiger partial charge in [0.15, 0.2) is 0 Å². The molecule has 0 radical (unpaired) electrons. The van der Waals surface area contributed by atoms with E-state index >= 15 is 0 Å². The van der Waals surface area contributed by atoms with Crippen LogP contribution in [-0.2, 0) is 14.3 Å². The summed E-state index contributed by atoms with van der Waals surface area (Å²) < 4.78 is 18.6. The number of anilines is 1. The number of ether oxygens (including phenoxy) is 1. The first-order chi connectivity index (χ1) is 13.0. The van der Waals surface area contributed by atoms with Crippen molar-refractivity contribution in [1.82, 2.24) is 9.80 Å². The number of amides is 2. The number of hydrogen-bond donors (Lipinski definition) is 0. The van der Waals surface area contributed by atoms with Crippen LogP contribution < -0.4 is 4.90 Å². The van der Waals surface area contributed by atoms with Crippen molar-refractivity contribution >= 4 is 17.5 Å². The van der Waals surface area contributed by atoms with Gasteiger partial charge in [0.2, 0.25) is 11.8 Å². The van der Waals surface area contributed by atoms with Crippen LogP contribution in [-0.4, -0.2) is 74.6 Å². The number of carbonyl (C=O) groups excluding carboxylic acids is 2. The van der Waals surface area contributed by atoms with Crippen LogP contribution in [0.15, 0.2) is 24.3 Å². The van der Waals surface area contributed by atoms with E-state index in [0.29, 0.717) is 32.0 Å². The van der Waals surface area contributed by atoms with Gasteiger partial charge in [-0.1, -0.05) is 0 Å². The fourth-order valence-electron chi connectivity index (χ4n) is 3.76. The Morgan fingerprint density at radius 3 is 2.48 bits per heavy atom. The van der Waals surface area contributed by atoms with E-state index in [1.165, 1.54) is 12.1 Å². The molecule has 2 fully saturated rings. The molecule has 2 saturated heterocycles. The van der Waals surface area contributed by atoms with E-state index in [0.717, 1.165) is 19.4 Å². The van der Waals surface area contributed by atoms with Crippen LogP contribution in [0.2, 0.25) is 0 Å². The molecule has 6 nitrogen and oxygen atoms in total. The van der Waals surface area contributed by atoms with Crippen molar-refractivity contribution in [3.8, 4) is 0 Å². The minimum Gasteiger partial charge on any atom is -0.381 e. The molecule has 1 unspecified atom stereocenters. The lowest BCUT2D eigenvalue weighted by Gasteiger charge is -2.36. The predicted molar refractivity (Wildman–Crippen MR) is 101 cm³/mol. The fraction of sp³-hybridized carbons (Fsp3) is 0.600. The Balaban J connectivity index is 1.71. The molecule has 0 N–H and O–H groups in total. The van der Waals surface area contributed by atoms with Gasteiger partial charge in [-0.2, -0.15) is 0 Å². The summed E-state index contributed by atoms with van der Waals surface area (Å²) in [6.45, 7) is 3.12. The predicted octanol–water partition coefficient (Wildman–Crippen LogP) is 1.75. The zero-order valence-corrected chi connectivity index (χ0v) is 16.1. The van der Waals surface area contributed by atoms with E-state index in [1.54, 1.807) is 17.0 Å². The molecule has 0 saturated carbocycles. The third-order valence-electron chi connectivity index (χ3n) is 5.32. The highest BCUT2D eigenvalue weighted by atomic mass is 19.1. The van der Waals surface area contributed by atoms with Crippen molar-refractivity contribution < 1.29 is 18.7 Å². The Bertz CT molecular complexity index is 659. The third kappa shape index (κ3) is 4.84. The summed E-state index contributed by atoms with van der Waals surface area (Å²) in [5, 5.41) is 0. The van der Waals surface area contributed by atoms with Gasteiger partial charge in [0.25, 0.3) is 0 Å². The molecule has 2 heterocycles. The SMILES string of the molecule is CN(C)CCN(C(=O)C1CC(=O)N(c2ccc(F)cc2)C1)C1CCOCC1. The monoisotopic (exact) mass is 377 g/mol. The number of likely N-dealkylation sites (N-methyl/N-ethyl adjacent to an activating group) is 1. The average Bonchev–Trinajstić information content (AvgIpc) is 3.05. The molecular weight excluding hydrogens is 349 g/mol. The third-order valence-corrected chi connectivity index (χ3v) is 5.32. The first kappa shape index (κ1) is 19.8. The van der Waals surface area contributed by atoms with Crippen molar-refractivity contribution in [2.75, 3.05) is 51.8 Å². The molecule has 2 aliphatic heterocycles. The number of benzene rings is 1. The Morgan fingerprint density at radius 1 is 1.19 bits per heavy atom. The molecule has 2 amide bonds. The second kappa shape index (κ2) is 8.80. The second-order valence-electron chi connectivity index (χ2n) is 7.56. The summed E-state index contributed by atoms with van der Waals surface area (Å²) in [6.07, 6.45) is 1.88. The highest BCUT2D eigenvalue weighted by Crippen LogP contribution is 2.28. The fourth-order valence-corrected chi connectivity index (χ4v) is 3.76. The van der Waals surface area contributed by atoms with E-state index < -0.39 is 0 Å². The summed E-state index contributed by atoms with van der Waals surface area (Å²) in [5.74, 6) is -0.735. The Kier molecular flexibility index (Phi) is 6.44. The van der Waals surface area contributed by atoms with Crippen molar-refractivity contribution in [2.24, 2.45) is 5.92 Å². The van der Waals surface area contributed by atoms with Gasteiger partial charge in [-0.3, -0.25) is 9.59 Å². The molecule has 0 aromatic heterocycles. The number of nitrogens with zero attached hydrogens (tertiary/aromatic N) is 3. The number of hydrogen-bond acceptors (Lipinski definition) is 4. The normalized spacial score (nSPS) is 21.1. The number of carbonyl (C=O) groups is 2. The van der Waals surface area contributed by atoms with Gasteiger partial charge < -0.3 is 19.4 Å². The van der Waals surface area contributed by atoms with Crippen molar-refractivity contribution in [3.05, 3.63) is 30.1 Å². The lowest BCUT2D eigenvalue weighted by molar-refractivity contribution is -0.140. The van der Waals surface area contributed by atoms with Gasteiger partial charge in [0, 0.05) is 51.0 Å². The van der Waals surface area contributed by atoms with E-state index in [4.69, 9.17) is 4.74 Å². The standard InChI is InChI=1S/C20H28FN3O3/c1-22(2)9-10-23(18-7-11-27-12-8-18)20(26)15-13-19(25)24(14-15)17-5-3-16(21)4-6-17/h3-6,15,18H,7-14H2,1-2H3. The number of halogens is 1. The first-order valence-corrected chi connectivity index (χ1v) is 9.54. The Hall–Kier alpha value is -1.99. The van der Waals surface area contributed by atoms with Crippen molar-refractivity contribution in [1.29, 1.82) is 0 Å². The minimum absolute atomic E-state index is 0.0433. The molecule has 1 aromatic rings. The van der Waals surface area contributed by atoms with Gasteiger partial charge >= 0.3 is 0 Å². The van der Waals surface area contributed by atoms with E-state index in [2.05, 4.69) is 4.90 Å². The smallest absolute Gasteiger partial charge is 0.228 e. The van der Waals surface area contributed by atoms with Crippen LogP contribution in [0.5, 0.6) is 0 Å². The topological polar surface area (TPSA) is 53.1 Å². The highest BCUT2D eigenvalue weighted by Gasteiger charge is 2.39. The largest absolute Gasteiger partial charge is 0.381 e.